The molecular formula is C22H14N4O2S. The summed E-state index contributed by atoms with van der Waals surface area (Å²) in [6, 6.07) is 21.0. The van der Waals surface area contributed by atoms with Gasteiger partial charge in [0.25, 0.3) is 11.6 Å². The summed E-state index contributed by atoms with van der Waals surface area (Å²) in [7, 11) is 0. The summed E-state index contributed by atoms with van der Waals surface area (Å²) in [5.41, 5.74) is 3.70. The molecule has 3 heterocycles. The zero-order valence-electron chi connectivity index (χ0n) is 15.1. The standard InChI is InChI=1S/C22H14N4O2S/c27-20(25-22-23-11-12-29-22)16-13-17(14-7-3-1-4-8-14)24-21-18(16)19(26-28-21)15-9-5-2-6-10-15/h1-13H,(H,23,25,27). The average molecular weight is 398 g/mol. The molecule has 5 rings (SSSR count). The van der Waals surface area contributed by atoms with Crippen LogP contribution in [-0.2, 0) is 0 Å². The van der Waals surface area contributed by atoms with Gasteiger partial charge >= 0.3 is 0 Å². The van der Waals surface area contributed by atoms with Crippen molar-refractivity contribution in [3.8, 4) is 22.5 Å². The molecule has 0 spiro atoms. The van der Waals surface area contributed by atoms with E-state index in [0.717, 1.165) is 11.1 Å². The number of anilines is 1. The third-order valence-electron chi connectivity index (χ3n) is 4.46. The summed E-state index contributed by atoms with van der Waals surface area (Å²) in [4.78, 5) is 21.9. The molecule has 0 atom stereocenters. The van der Waals surface area contributed by atoms with E-state index < -0.39 is 0 Å². The van der Waals surface area contributed by atoms with E-state index in [2.05, 4.69) is 20.4 Å². The van der Waals surface area contributed by atoms with Crippen molar-refractivity contribution < 1.29 is 9.32 Å². The average Bonchev–Trinajstić information content (AvgIpc) is 3.44. The van der Waals surface area contributed by atoms with Crippen LogP contribution in [0.4, 0.5) is 5.13 Å². The number of benzene rings is 2. The third kappa shape index (κ3) is 3.28. The van der Waals surface area contributed by atoms with Gasteiger partial charge in [-0.2, -0.15) is 0 Å². The number of thiazole rings is 1. The van der Waals surface area contributed by atoms with Gasteiger partial charge in [0.1, 0.15) is 5.69 Å². The number of pyridine rings is 1. The Morgan fingerprint density at radius 1 is 0.966 bits per heavy atom. The molecule has 0 radical (unpaired) electrons. The molecule has 3 aromatic heterocycles. The van der Waals surface area contributed by atoms with E-state index in [1.807, 2.05) is 66.0 Å². The van der Waals surface area contributed by atoms with Gasteiger partial charge < -0.3 is 4.52 Å². The molecule has 0 fully saturated rings. The molecule has 0 bridgehead atoms. The fourth-order valence-corrected chi connectivity index (χ4v) is 3.65. The van der Waals surface area contributed by atoms with Crippen LogP contribution in [0.1, 0.15) is 10.4 Å². The number of rotatable bonds is 4. The van der Waals surface area contributed by atoms with Crippen molar-refractivity contribution in [2.45, 2.75) is 0 Å². The Bertz CT molecular complexity index is 1280. The molecule has 0 saturated heterocycles. The minimum absolute atomic E-state index is 0.287. The Labute approximate surface area is 169 Å². The summed E-state index contributed by atoms with van der Waals surface area (Å²) in [6.07, 6.45) is 1.65. The van der Waals surface area contributed by atoms with E-state index >= 15 is 0 Å². The molecular weight excluding hydrogens is 384 g/mol. The molecule has 140 valence electrons. The number of nitrogens with zero attached hydrogens (tertiary/aromatic N) is 3. The van der Waals surface area contributed by atoms with Crippen molar-refractivity contribution in [3.05, 3.63) is 83.9 Å². The first-order chi connectivity index (χ1) is 14.3. The Morgan fingerprint density at radius 2 is 1.69 bits per heavy atom. The van der Waals surface area contributed by atoms with Crippen LogP contribution in [0.5, 0.6) is 0 Å². The van der Waals surface area contributed by atoms with Crippen molar-refractivity contribution >= 4 is 33.5 Å². The fraction of sp³-hybridized carbons (Fsp3) is 0. The Morgan fingerprint density at radius 3 is 2.38 bits per heavy atom. The van der Waals surface area contributed by atoms with Crippen LogP contribution in [0.15, 0.2) is 82.8 Å². The highest BCUT2D eigenvalue weighted by molar-refractivity contribution is 7.13. The van der Waals surface area contributed by atoms with Crippen LogP contribution in [0.25, 0.3) is 33.6 Å². The first-order valence-corrected chi connectivity index (χ1v) is 9.79. The first kappa shape index (κ1) is 17.3. The summed E-state index contributed by atoms with van der Waals surface area (Å²) >= 11 is 1.36. The number of fused-ring (bicyclic) bond motifs is 1. The van der Waals surface area contributed by atoms with Gasteiger partial charge in [-0.05, 0) is 6.07 Å². The van der Waals surface area contributed by atoms with Crippen molar-refractivity contribution in [2.75, 3.05) is 5.32 Å². The maximum atomic E-state index is 13.1. The van der Waals surface area contributed by atoms with Gasteiger partial charge in [-0.3, -0.25) is 10.1 Å². The Hall–Kier alpha value is -3.84. The van der Waals surface area contributed by atoms with Crippen LogP contribution in [0.3, 0.4) is 0 Å². The van der Waals surface area contributed by atoms with Crippen molar-refractivity contribution in [1.29, 1.82) is 0 Å². The van der Waals surface area contributed by atoms with Crippen molar-refractivity contribution in [3.63, 3.8) is 0 Å². The molecule has 5 aromatic rings. The number of carbonyl (C=O) groups excluding carboxylic acids is 1. The molecule has 2 aromatic carbocycles. The molecule has 7 heteroatoms. The van der Waals surface area contributed by atoms with Gasteiger partial charge in [0.05, 0.1) is 16.6 Å². The van der Waals surface area contributed by atoms with Gasteiger partial charge in [-0.15, -0.1) is 11.3 Å². The van der Waals surface area contributed by atoms with Gasteiger partial charge in [-0.25, -0.2) is 9.97 Å². The summed E-state index contributed by atoms with van der Waals surface area (Å²) in [6.45, 7) is 0. The lowest BCUT2D eigenvalue weighted by molar-refractivity contribution is 0.102. The van der Waals surface area contributed by atoms with Gasteiger partial charge in [0.15, 0.2) is 5.13 Å². The number of amides is 1. The van der Waals surface area contributed by atoms with Crippen LogP contribution in [0.2, 0.25) is 0 Å². The second-order valence-electron chi connectivity index (χ2n) is 6.29. The number of nitrogens with one attached hydrogen (secondary N) is 1. The predicted octanol–water partition coefficient (Wildman–Crippen LogP) is 5.27. The van der Waals surface area contributed by atoms with Gasteiger partial charge in [-0.1, -0.05) is 65.8 Å². The highest BCUT2D eigenvalue weighted by atomic mass is 32.1. The third-order valence-corrected chi connectivity index (χ3v) is 5.15. The largest absolute Gasteiger partial charge is 0.335 e. The van der Waals surface area contributed by atoms with Crippen molar-refractivity contribution in [2.24, 2.45) is 0 Å². The highest BCUT2D eigenvalue weighted by Gasteiger charge is 2.22. The topological polar surface area (TPSA) is 80.9 Å². The molecule has 6 nitrogen and oxygen atoms in total. The maximum Gasteiger partial charge on any atom is 0.259 e. The van der Waals surface area contributed by atoms with E-state index in [4.69, 9.17) is 4.52 Å². The smallest absolute Gasteiger partial charge is 0.259 e. The normalized spacial score (nSPS) is 10.9. The van der Waals surface area contributed by atoms with Gasteiger partial charge in [0.2, 0.25) is 0 Å². The van der Waals surface area contributed by atoms with E-state index in [-0.39, 0.29) is 5.91 Å². The summed E-state index contributed by atoms with van der Waals surface area (Å²) < 4.78 is 5.54. The summed E-state index contributed by atoms with van der Waals surface area (Å²) in [5, 5.41) is 9.97. The van der Waals surface area contributed by atoms with E-state index in [9.17, 15) is 4.79 Å². The molecule has 1 amide bonds. The number of hydrogen-bond acceptors (Lipinski definition) is 6. The zero-order chi connectivity index (χ0) is 19.6. The monoisotopic (exact) mass is 398 g/mol. The van der Waals surface area contributed by atoms with E-state index in [1.165, 1.54) is 11.3 Å². The lowest BCUT2D eigenvalue weighted by Gasteiger charge is -2.07. The van der Waals surface area contributed by atoms with E-state index in [0.29, 0.717) is 33.2 Å². The highest BCUT2D eigenvalue weighted by Crippen LogP contribution is 2.33. The Balaban J connectivity index is 1.71. The molecule has 0 aliphatic carbocycles. The minimum atomic E-state index is -0.287. The lowest BCUT2D eigenvalue weighted by atomic mass is 10.0. The SMILES string of the molecule is O=C(Nc1nccs1)c1cc(-c2ccccc2)nc2onc(-c3ccccc3)c12. The predicted molar refractivity (Wildman–Crippen MR) is 113 cm³/mol. The quantitative estimate of drug-likeness (QED) is 0.446. The van der Waals surface area contributed by atoms with Crippen LogP contribution >= 0.6 is 11.3 Å². The molecule has 0 aliphatic rings. The molecule has 0 unspecified atom stereocenters. The lowest BCUT2D eigenvalue weighted by Crippen LogP contribution is -2.13. The molecule has 0 aliphatic heterocycles. The fourth-order valence-electron chi connectivity index (χ4n) is 3.13. The zero-order valence-corrected chi connectivity index (χ0v) is 15.9. The van der Waals surface area contributed by atoms with Gasteiger partial charge in [0, 0.05) is 22.7 Å². The second-order valence-corrected chi connectivity index (χ2v) is 7.18. The molecule has 1 N–H and O–H groups in total. The van der Waals surface area contributed by atoms with Crippen LogP contribution in [-0.4, -0.2) is 21.0 Å². The molecule has 0 saturated carbocycles. The number of hydrogen-bond donors (Lipinski definition) is 1. The Kier molecular flexibility index (Phi) is 4.34. The minimum Gasteiger partial charge on any atom is -0.335 e. The van der Waals surface area contributed by atoms with Crippen LogP contribution in [0, 0.1) is 0 Å². The summed E-state index contributed by atoms with van der Waals surface area (Å²) in [5.74, 6) is -0.287. The second kappa shape index (κ2) is 7.29. The first-order valence-electron chi connectivity index (χ1n) is 8.92. The van der Waals surface area contributed by atoms with Crippen molar-refractivity contribution in [1.82, 2.24) is 15.1 Å². The maximum absolute atomic E-state index is 13.1. The van der Waals surface area contributed by atoms with E-state index in [1.54, 1.807) is 12.3 Å². The number of carbonyl (C=O) groups is 1. The molecule has 29 heavy (non-hydrogen) atoms. The number of aromatic nitrogens is 3. The van der Waals surface area contributed by atoms with Crippen LogP contribution < -0.4 is 5.32 Å².